The average molecular weight is 413 g/mol. The normalized spacial score (nSPS) is 18.8. The van der Waals surface area contributed by atoms with E-state index in [1.807, 2.05) is 44.2 Å². The molecule has 1 aliphatic rings. The molecule has 0 bridgehead atoms. The molecule has 0 spiro atoms. The number of benzene rings is 2. The number of esters is 1. The third-order valence-corrected chi connectivity index (χ3v) is 5.19. The molecule has 0 saturated heterocycles. The molecule has 0 saturated carbocycles. The van der Waals surface area contributed by atoms with E-state index in [4.69, 9.17) is 4.74 Å². The maximum atomic E-state index is 13.4. The van der Waals surface area contributed by atoms with Crippen LogP contribution in [0.2, 0.25) is 0 Å². The molecule has 1 amide bonds. The number of halogens is 2. The fraction of sp³-hybridized carbons (Fsp3) is 0.333. The molecule has 30 heavy (non-hydrogen) atoms. The average Bonchev–Trinajstić information content (AvgIpc) is 3.11. The Labute approximate surface area is 174 Å². The Hall–Kier alpha value is -3.02. The van der Waals surface area contributed by atoms with Gasteiger partial charge in [0.1, 0.15) is 0 Å². The molecule has 2 aromatic rings. The summed E-state index contributed by atoms with van der Waals surface area (Å²) >= 11 is 0. The second-order valence-corrected chi connectivity index (χ2v) is 7.64. The lowest BCUT2D eigenvalue weighted by Crippen LogP contribution is -2.34. The van der Waals surface area contributed by atoms with E-state index in [0.717, 1.165) is 28.8 Å². The van der Waals surface area contributed by atoms with E-state index < -0.39 is 23.5 Å². The minimum Gasteiger partial charge on any atom is -0.466 e. The molecule has 1 aliphatic carbocycles. The number of rotatable bonds is 6. The number of aryl methyl sites for hydroxylation is 2. The predicted octanol–water partition coefficient (Wildman–Crippen LogP) is 4.60. The van der Waals surface area contributed by atoms with Crippen LogP contribution < -0.4 is 5.32 Å². The second kappa shape index (κ2) is 9.20. The van der Waals surface area contributed by atoms with Crippen molar-refractivity contribution in [2.24, 2.45) is 5.92 Å². The standard InChI is InChI=1S/C24H25F2NO3/c1-4-30-24(29)22(18-10-14(2)9-15(3)11-18)16-5-7-19(12-16)27-23(28)17-6-8-20(25)21(26)13-17/h5-11,13,16,19,22H,4,12H2,1-3H3,(H,27,28)/t16-,19-,22-/m0/s1. The largest absolute Gasteiger partial charge is 0.466 e. The zero-order chi connectivity index (χ0) is 21.8. The summed E-state index contributed by atoms with van der Waals surface area (Å²) in [5.74, 6) is -3.50. The number of nitrogens with one attached hydrogen (secondary N) is 1. The number of hydrogen-bond donors (Lipinski definition) is 1. The van der Waals surface area contributed by atoms with E-state index in [9.17, 15) is 18.4 Å². The summed E-state index contributed by atoms with van der Waals surface area (Å²) in [6, 6.07) is 8.72. The van der Waals surface area contributed by atoms with Crippen LogP contribution in [0.25, 0.3) is 0 Å². The smallest absolute Gasteiger partial charge is 0.314 e. The molecule has 0 radical (unpaired) electrons. The maximum absolute atomic E-state index is 13.4. The van der Waals surface area contributed by atoms with Crippen LogP contribution in [-0.4, -0.2) is 24.5 Å². The molecule has 3 rings (SSSR count). The fourth-order valence-corrected chi connectivity index (χ4v) is 3.95. The molecule has 0 aromatic heterocycles. The van der Waals surface area contributed by atoms with Gasteiger partial charge in [0.2, 0.25) is 0 Å². The van der Waals surface area contributed by atoms with Gasteiger partial charge >= 0.3 is 5.97 Å². The minimum atomic E-state index is -1.07. The molecular formula is C24H25F2NO3. The topological polar surface area (TPSA) is 55.4 Å². The Bertz CT molecular complexity index is 966. The van der Waals surface area contributed by atoms with Crippen molar-refractivity contribution in [3.8, 4) is 0 Å². The summed E-state index contributed by atoms with van der Waals surface area (Å²) in [6.45, 7) is 6.01. The maximum Gasteiger partial charge on any atom is 0.314 e. The molecule has 2 aromatic carbocycles. The highest BCUT2D eigenvalue weighted by Crippen LogP contribution is 2.35. The van der Waals surface area contributed by atoms with Gasteiger partial charge in [0, 0.05) is 11.6 Å². The van der Waals surface area contributed by atoms with Gasteiger partial charge in [-0.3, -0.25) is 9.59 Å². The van der Waals surface area contributed by atoms with Crippen molar-refractivity contribution < 1.29 is 23.1 Å². The van der Waals surface area contributed by atoms with Gasteiger partial charge < -0.3 is 10.1 Å². The van der Waals surface area contributed by atoms with Crippen LogP contribution in [0.15, 0.2) is 48.6 Å². The van der Waals surface area contributed by atoms with Gasteiger partial charge in [0.05, 0.1) is 12.5 Å². The van der Waals surface area contributed by atoms with Crippen LogP contribution in [0.4, 0.5) is 8.78 Å². The third kappa shape index (κ3) is 4.93. The van der Waals surface area contributed by atoms with Crippen LogP contribution >= 0.6 is 0 Å². The number of amides is 1. The number of ether oxygens (including phenoxy) is 1. The second-order valence-electron chi connectivity index (χ2n) is 7.64. The van der Waals surface area contributed by atoms with E-state index in [-0.39, 0.29) is 30.1 Å². The van der Waals surface area contributed by atoms with Gasteiger partial charge in [-0.25, -0.2) is 8.78 Å². The lowest BCUT2D eigenvalue weighted by Gasteiger charge is -2.23. The van der Waals surface area contributed by atoms with Gasteiger partial charge in [-0.15, -0.1) is 0 Å². The molecule has 0 aliphatic heterocycles. The highest BCUT2D eigenvalue weighted by atomic mass is 19.2. The van der Waals surface area contributed by atoms with Gasteiger partial charge in [-0.05, 0) is 56.9 Å². The predicted molar refractivity (Wildman–Crippen MR) is 110 cm³/mol. The zero-order valence-corrected chi connectivity index (χ0v) is 17.2. The number of carbonyl (C=O) groups is 2. The van der Waals surface area contributed by atoms with Gasteiger partial charge in [-0.1, -0.05) is 41.5 Å². The van der Waals surface area contributed by atoms with Gasteiger partial charge in [0.25, 0.3) is 5.91 Å². The Morgan fingerprint density at radius 1 is 1.07 bits per heavy atom. The molecule has 158 valence electrons. The SMILES string of the molecule is CCOC(=O)[C@H](c1cc(C)cc(C)c1)[C@H]1C=C[C@H](NC(=O)c2ccc(F)c(F)c2)C1. The minimum absolute atomic E-state index is 0.0435. The Morgan fingerprint density at radius 3 is 2.40 bits per heavy atom. The third-order valence-electron chi connectivity index (χ3n) is 5.19. The zero-order valence-electron chi connectivity index (χ0n) is 17.2. The molecule has 1 N–H and O–H groups in total. The van der Waals surface area contributed by atoms with E-state index in [2.05, 4.69) is 5.32 Å². The van der Waals surface area contributed by atoms with Crippen molar-refractivity contribution in [1.82, 2.24) is 5.32 Å². The molecular weight excluding hydrogens is 388 g/mol. The quantitative estimate of drug-likeness (QED) is 0.556. The molecule has 3 atom stereocenters. The summed E-state index contributed by atoms with van der Waals surface area (Å²) < 4.78 is 31.8. The molecule has 4 nitrogen and oxygen atoms in total. The summed E-state index contributed by atoms with van der Waals surface area (Å²) in [7, 11) is 0. The van der Waals surface area contributed by atoms with Crippen LogP contribution in [-0.2, 0) is 9.53 Å². The van der Waals surface area contributed by atoms with Gasteiger partial charge in [0.15, 0.2) is 11.6 Å². The Balaban J connectivity index is 1.76. The van der Waals surface area contributed by atoms with Crippen molar-refractivity contribution in [2.45, 2.75) is 39.2 Å². The van der Waals surface area contributed by atoms with Crippen LogP contribution in [0.3, 0.4) is 0 Å². The molecule has 0 heterocycles. The lowest BCUT2D eigenvalue weighted by atomic mass is 9.84. The molecule has 0 unspecified atom stereocenters. The number of carbonyl (C=O) groups excluding carboxylic acids is 2. The van der Waals surface area contributed by atoms with Crippen LogP contribution in [0, 0.1) is 31.4 Å². The monoisotopic (exact) mass is 413 g/mol. The van der Waals surface area contributed by atoms with E-state index in [1.165, 1.54) is 6.07 Å². The molecule has 0 fully saturated rings. The van der Waals surface area contributed by atoms with Gasteiger partial charge in [-0.2, -0.15) is 0 Å². The van der Waals surface area contributed by atoms with E-state index in [1.54, 1.807) is 6.92 Å². The van der Waals surface area contributed by atoms with Crippen molar-refractivity contribution in [2.75, 3.05) is 6.61 Å². The van der Waals surface area contributed by atoms with Crippen LogP contribution in [0.5, 0.6) is 0 Å². The first-order valence-corrected chi connectivity index (χ1v) is 9.97. The number of hydrogen-bond acceptors (Lipinski definition) is 3. The number of allylic oxidation sites excluding steroid dienone is 1. The highest BCUT2D eigenvalue weighted by Gasteiger charge is 2.34. The highest BCUT2D eigenvalue weighted by molar-refractivity contribution is 5.94. The first-order valence-electron chi connectivity index (χ1n) is 9.97. The Morgan fingerprint density at radius 2 is 1.77 bits per heavy atom. The molecule has 6 heteroatoms. The van der Waals surface area contributed by atoms with E-state index in [0.29, 0.717) is 6.42 Å². The van der Waals surface area contributed by atoms with Crippen molar-refractivity contribution in [3.63, 3.8) is 0 Å². The van der Waals surface area contributed by atoms with E-state index >= 15 is 0 Å². The summed E-state index contributed by atoms with van der Waals surface area (Å²) in [4.78, 5) is 25.2. The fourth-order valence-electron chi connectivity index (χ4n) is 3.95. The summed E-state index contributed by atoms with van der Waals surface area (Å²) in [6.07, 6.45) is 4.25. The van der Waals surface area contributed by atoms with Crippen molar-refractivity contribution >= 4 is 11.9 Å². The summed E-state index contributed by atoms with van der Waals surface area (Å²) in [5.41, 5.74) is 3.05. The summed E-state index contributed by atoms with van der Waals surface area (Å²) in [5, 5.41) is 2.80. The first-order chi connectivity index (χ1) is 14.3. The van der Waals surface area contributed by atoms with Crippen molar-refractivity contribution in [1.29, 1.82) is 0 Å². The Kier molecular flexibility index (Phi) is 6.65. The lowest BCUT2D eigenvalue weighted by molar-refractivity contribution is -0.146. The van der Waals surface area contributed by atoms with Crippen LogP contribution in [0.1, 0.15) is 46.3 Å². The van der Waals surface area contributed by atoms with Crippen molar-refractivity contribution in [3.05, 3.63) is 82.4 Å². The first kappa shape index (κ1) is 21.7.